The molecule has 2 fully saturated rings. The molecule has 1 aliphatic heterocycles. The highest BCUT2D eigenvalue weighted by Crippen LogP contribution is 2.26. The number of hydrogen-bond donors (Lipinski definition) is 2. The van der Waals surface area contributed by atoms with Crippen LogP contribution in [0.2, 0.25) is 0 Å². The van der Waals surface area contributed by atoms with E-state index in [2.05, 4.69) is 0 Å². The minimum absolute atomic E-state index is 0.0756. The molecule has 1 saturated heterocycles. The van der Waals surface area contributed by atoms with Gasteiger partial charge in [0.05, 0.1) is 6.61 Å². The summed E-state index contributed by atoms with van der Waals surface area (Å²) in [4.78, 5) is 27.0. The van der Waals surface area contributed by atoms with E-state index in [-0.39, 0.29) is 18.7 Å². The van der Waals surface area contributed by atoms with Gasteiger partial charge in [-0.25, -0.2) is 9.59 Å². The fourth-order valence-electron chi connectivity index (χ4n) is 3.35. The number of carboxylic acid groups (broad SMARTS) is 1. The highest BCUT2D eigenvalue weighted by atomic mass is 16.4. The van der Waals surface area contributed by atoms with Gasteiger partial charge in [0, 0.05) is 19.1 Å². The number of carbonyl (C=O) groups is 2. The van der Waals surface area contributed by atoms with Gasteiger partial charge in [0.25, 0.3) is 0 Å². The second kappa shape index (κ2) is 6.92. The zero-order valence-electron chi connectivity index (χ0n) is 11.8. The van der Waals surface area contributed by atoms with Crippen molar-refractivity contribution < 1.29 is 19.8 Å². The first-order valence-corrected chi connectivity index (χ1v) is 7.56. The lowest BCUT2D eigenvalue weighted by Crippen LogP contribution is -2.52. The van der Waals surface area contributed by atoms with Crippen molar-refractivity contribution in [2.75, 3.05) is 19.7 Å². The van der Waals surface area contributed by atoms with E-state index in [1.807, 2.05) is 0 Å². The van der Waals surface area contributed by atoms with E-state index in [1.54, 1.807) is 4.90 Å². The largest absolute Gasteiger partial charge is 0.480 e. The highest BCUT2D eigenvalue weighted by Gasteiger charge is 2.38. The number of aliphatic hydroxyl groups excluding tert-OH is 1. The van der Waals surface area contributed by atoms with Gasteiger partial charge in [-0.3, -0.25) is 0 Å². The van der Waals surface area contributed by atoms with Gasteiger partial charge in [0.15, 0.2) is 0 Å². The quantitative estimate of drug-likeness (QED) is 0.815. The lowest BCUT2D eigenvalue weighted by molar-refractivity contribution is -0.141. The van der Waals surface area contributed by atoms with E-state index in [9.17, 15) is 19.8 Å². The zero-order valence-corrected chi connectivity index (χ0v) is 11.8. The summed E-state index contributed by atoms with van der Waals surface area (Å²) in [5.74, 6) is -0.927. The maximum atomic E-state index is 12.6. The van der Waals surface area contributed by atoms with Gasteiger partial charge in [-0.15, -0.1) is 0 Å². The fraction of sp³-hybridized carbons (Fsp3) is 0.857. The van der Waals surface area contributed by atoms with Crippen LogP contribution in [-0.4, -0.2) is 63.8 Å². The molecule has 2 N–H and O–H groups in total. The maximum absolute atomic E-state index is 12.6. The van der Waals surface area contributed by atoms with Crippen LogP contribution in [0.5, 0.6) is 0 Å². The third-order valence-corrected chi connectivity index (χ3v) is 4.39. The van der Waals surface area contributed by atoms with E-state index < -0.39 is 12.0 Å². The van der Waals surface area contributed by atoms with Crippen LogP contribution < -0.4 is 0 Å². The van der Waals surface area contributed by atoms with Crippen molar-refractivity contribution in [3.63, 3.8) is 0 Å². The predicted molar refractivity (Wildman–Crippen MR) is 73.4 cm³/mol. The van der Waals surface area contributed by atoms with Crippen molar-refractivity contribution in [1.82, 2.24) is 9.80 Å². The standard InChI is InChI=1S/C14H24N2O4/c17-10-9-15(11-5-2-1-3-6-11)14(20)16-8-4-7-12(16)13(18)19/h11-12,17H,1-10H2,(H,18,19)/t12-/m0/s1. The number of likely N-dealkylation sites (tertiary alicyclic amines) is 1. The topological polar surface area (TPSA) is 81.1 Å². The number of carboxylic acids is 1. The van der Waals surface area contributed by atoms with Crippen LogP contribution in [-0.2, 0) is 4.79 Å². The first-order valence-electron chi connectivity index (χ1n) is 7.56. The minimum atomic E-state index is -0.927. The van der Waals surface area contributed by atoms with Gasteiger partial charge in [-0.2, -0.15) is 0 Å². The summed E-state index contributed by atoms with van der Waals surface area (Å²) in [5.41, 5.74) is 0. The Balaban J connectivity index is 2.07. The lowest BCUT2D eigenvalue weighted by Gasteiger charge is -2.37. The number of carbonyl (C=O) groups excluding carboxylic acids is 1. The van der Waals surface area contributed by atoms with Crippen LogP contribution in [0.25, 0.3) is 0 Å². The van der Waals surface area contributed by atoms with Crippen molar-refractivity contribution in [2.45, 2.75) is 57.0 Å². The molecule has 0 aromatic rings. The van der Waals surface area contributed by atoms with Crippen LogP contribution in [0.4, 0.5) is 4.79 Å². The highest BCUT2D eigenvalue weighted by molar-refractivity contribution is 5.83. The smallest absolute Gasteiger partial charge is 0.326 e. The monoisotopic (exact) mass is 284 g/mol. The molecule has 0 spiro atoms. The van der Waals surface area contributed by atoms with Gasteiger partial charge in [-0.1, -0.05) is 19.3 Å². The molecule has 20 heavy (non-hydrogen) atoms. The SMILES string of the molecule is O=C(O)[C@@H]1CCCN1C(=O)N(CCO)C1CCCCC1. The first-order chi connectivity index (χ1) is 9.65. The zero-order chi connectivity index (χ0) is 14.5. The maximum Gasteiger partial charge on any atom is 0.326 e. The number of aliphatic hydroxyl groups is 1. The second-order valence-electron chi connectivity index (χ2n) is 5.68. The summed E-state index contributed by atoms with van der Waals surface area (Å²) in [6, 6.07) is -0.762. The first kappa shape index (κ1) is 15.1. The van der Waals surface area contributed by atoms with E-state index >= 15 is 0 Å². The molecule has 1 aliphatic carbocycles. The van der Waals surface area contributed by atoms with Crippen molar-refractivity contribution in [2.24, 2.45) is 0 Å². The molecule has 2 amide bonds. The van der Waals surface area contributed by atoms with Crippen molar-refractivity contribution in [3.8, 4) is 0 Å². The number of amides is 2. The van der Waals surface area contributed by atoms with Crippen LogP contribution in [0, 0.1) is 0 Å². The Hall–Kier alpha value is -1.30. The molecule has 6 heteroatoms. The Morgan fingerprint density at radius 2 is 1.80 bits per heavy atom. The average molecular weight is 284 g/mol. The molecule has 0 bridgehead atoms. The molecular formula is C14H24N2O4. The van der Waals surface area contributed by atoms with E-state index in [4.69, 9.17) is 0 Å². The van der Waals surface area contributed by atoms with Crippen LogP contribution >= 0.6 is 0 Å². The fourth-order valence-corrected chi connectivity index (χ4v) is 3.35. The molecule has 2 rings (SSSR count). The Kier molecular flexibility index (Phi) is 5.23. The lowest BCUT2D eigenvalue weighted by atomic mass is 9.94. The molecule has 6 nitrogen and oxygen atoms in total. The Morgan fingerprint density at radius 3 is 2.40 bits per heavy atom. The van der Waals surface area contributed by atoms with Gasteiger partial charge in [-0.05, 0) is 25.7 Å². The minimum Gasteiger partial charge on any atom is -0.480 e. The van der Waals surface area contributed by atoms with Gasteiger partial charge in [0.1, 0.15) is 6.04 Å². The molecule has 0 unspecified atom stereocenters. The molecular weight excluding hydrogens is 260 g/mol. The summed E-state index contributed by atoms with van der Waals surface area (Å²) in [7, 11) is 0. The molecule has 2 aliphatic rings. The van der Waals surface area contributed by atoms with Crippen molar-refractivity contribution >= 4 is 12.0 Å². The molecule has 1 atom stereocenters. The third-order valence-electron chi connectivity index (χ3n) is 4.39. The number of urea groups is 1. The van der Waals surface area contributed by atoms with Crippen LogP contribution in [0.15, 0.2) is 0 Å². The van der Waals surface area contributed by atoms with Crippen LogP contribution in [0.1, 0.15) is 44.9 Å². The van der Waals surface area contributed by atoms with E-state index in [0.717, 1.165) is 32.1 Å². The molecule has 1 heterocycles. The van der Waals surface area contributed by atoms with Gasteiger partial charge < -0.3 is 20.0 Å². The molecule has 1 saturated carbocycles. The molecule has 0 aromatic carbocycles. The summed E-state index contributed by atoms with van der Waals surface area (Å²) in [5, 5.41) is 18.4. The average Bonchev–Trinajstić information content (AvgIpc) is 2.94. The number of rotatable bonds is 4. The summed E-state index contributed by atoms with van der Waals surface area (Å²) in [6.07, 6.45) is 6.57. The third kappa shape index (κ3) is 3.23. The normalized spacial score (nSPS) is 23.9. The molecule has 0 radical (unpaired) electrons. The molecule has 114 valence electrons. The summed E-state index contributed by atoms with van der Waals surface area (Å²) < 4.78 is 0. The Morgan fingerprint density at radius 1 is 1.10 bits per heavy atom. The Labute approximate surface area is 119 Å². The predicted octanol–water partition coefficient (Wildman–Crippen LogP) is 1.28. The van der Waals surface area contributed by atoms with Gasteiger partial charge in [0.2, 0.25) is 0 Å². The second-order valence-corrected chi connectivity index (χ2v) is 5.68. The van der Waals surface area contributed by atoms with E-state index in [1.165, 1.54) is 11.3 Å². The van der Waals surface area contributed by atoms with Gasteiger partial charge >= 0.3 is 12.0 Å². The van der Waals surface area contributed by atoms with Crippen molar-refractivity contribution in [3.05, 3.63) is 0 Å². The molecule has 0 aromatic heterocycles. The van der Waals surface area contributed by atoms with E-state index in [0.29, 0.717) is 19.5 Å². The number of aliphatic carboxylic acids is 1. The Bertz CT molecular complexity index is 355. The summed E-state index contributed by atoms with van der Waals surface area (Å²) in [6.45, 7) is 0.727. The summed E-state index contributed by atoms with van der Waals surface area (Å²) >= 11 is 0. The van der Waals surface area contributed by atoms with Crippen molar-refractivity contribution in [1.29, 1.82) is 0 Å². The van der Waals surface area contributed by atoms with Crippen LogP contribution in [0.3, 0.4) is 0 Å². The number of nitrogens with zero attached hydrogens (tertiary/aromatic N) is 2. The number of hydrogen-bond acceptors (Lipinski definition) is 3.